The summed E-state index contributed by atoms with van der Waals surface area (Å²) in [6.07, 6.45) is 0. The van der Waals surface area contributed by atoms with Crippen LogP contribution in [0.5, 0.6) is 0 Å². The molecule has 0 aliphatic rings. The number of nitrogens with zero attached hydrogens (tertiary/aromatic N) is 2. The van der Waals surface area contributed by atoms with Crippen LogP contribution in [0.2, 0.25) is 5.02 Å². The second-order valence-corrected chi connectivity index (χ2v) is 6.62. The van der Waals surface area contributed by atoms with Crippen LogP contribution in [0.15, 0.2) is 34.7 Å². The van der Waals surface area contributed by atoms with Crippen molar-refractivity contribution in [2.45, 2.75) is 34.2 Å². The Bertz CT molecular complexity index is 920. The van der Waals surface area contributed by atoms with Gasteiger partial charge in [-0.1, -0.05) is 17.7 Å². The van der Waals surface area contributed by atoms with Crippen LogP contribution in [-0.4, -0.2) is 15.7 Å². The van der Waals surface area contributed by atoms with Gasteiger partial charge in [-0.15, -0.1) is 0 Å². The maximum absolute atomic E-state index is 12.4. The summed E-state index contributed by atoms with van der Waals surface area (Å²) < 4.78 is 7.44. The minimum Gasteiger partial charge on any atom is -0.454 e. The van der Waals surface area contributed by atoms with E-state index in [-0.39, 0.29) is 11.7 Å². The quantitative estimate of drug-likeness (QED) is 0.738. The van der Waals surface area contributed by atoms with Crippen LogP contribution in [0.4, 0.5) is 5.69 Å². The molecule has 0 bridgehead atoms. The number of halogens is 1. The van der Waals surface area contributed by atoms with Crippen LogP contribution in [0.3, 0.4) is 0 Å². The first-order valence-electron chi connectivity index (χ1n) is 8.01. The highest BCUT2D eigenvalue weighted by molar-refractivity contribution is 6.31. The van der Waals surface area contributed by atoms with E-state index in [0.717, 1.165) is 28.2 Å². The predicted molar refractivity (Wildman–Crippen MR) is 98.4 cm³/mol. The molecule has 5 nitrogen and oxygen atoms in total. The highest BCUT2D eigenvalue weighted by Crippen LogP contribution is 2.21. The smallest absolute Gasteiger partial charge is 0.291 e. The number of aromatic nitrogens is 2. The van der Waals surface area contributed by atoms with Crippen molar-refractivity contribution >= 4 is 23.2 Å². The normalized spacial score (nSPS) is 10.9. The monoisotopic (exact) mass is 357 g/mol. The average molecular weight is 358 g/mol. The molecule has 1 N–H and O–H groups in total. The van der Waals surface area contributed by atoms with Crippen molar-refractivity contribution < 1.29 is 9.21 Å². The second-order valence-electron chi connectivity index (χ2n) is 6.24. The van der Waals surface area contributed by atoms with E-state index in [9.17, 15) is 4.79 Å². The molecule has 130 valence electrons. The number of benzene rings is 1. The zero-order valence-electron chi connectivity index (χ0n) is 14.7. The fraction of sp³-hybridized carbons (Fsp3) is 0.263. The maximum atomic E-state index is 12.4. The fourth-order valence-electron chi connectivity index (χ4n) is 2.80. The maximum Gasteiger partial charge on any atom is 0.291 e. The molecule has 0 fully saturated rings. The SMILES string of the molecule is Cc1cc(C)cc(NC(=O)c2ccc(Cn3nc(C)c(Cl)c3C)o2)c1. The highest BCUT2D eigenvalue weighted by Gasteiger charge is 2.14. The first-order valence-corrected chi connectivity index (χ1v) is 8.39. The third kappa shape index (κ3) is 3.77. The molecular formula is C19H20ClN3O2. The Hall–Kier alpha value is -2.53. The van der Waals surface area contributed by atoms with E-state index < -0.39 is 0 Å². The lowest BCUT2D eigenvalue weighted by Gasteiger charge is -2.06. The molecule has 1 amide bonds. The van der Waals surface area contributed by atoms with Crippen molar-refractivity contribution in [3.8, 4) is 0 Å². The van der Waals surface area contributed by atoms with Crippen LogP contribution in [0, 0.1) is 27.7 Å². The van der Waals surface area contributed by atoms with Gasteiger partial charge in [0.1, 0.15) is 5.76 Å². The van der Waals surface area contributed by atoms with Crippen LogP contribution in [0.25, 0.3) is 0 Å². The predicted octanol–water partition coefficient (Wildman–Crippen LogP) is 4.66. The number of hydrogen-bond donors (Lipinski definition) is 1. The molecule has 6 heteroatoms. The second kappa shape index (κ2) is 6.76. The van der Waals surface area contributed by atoms with Gasteiger partial charge in [-0.25, -0.2) is 0 Å². The van der Waals surface area contributed by atoms with Crippen LogP contribution >= 0.6 is 11.6 Å². The van der Waals surface area contributed by atoms with E-state index in [1.165, 1.54) is 0 Å². The molecule has 1 aromatic carbocycles. The molecule has 0 saturated carbocycles. The van der Waals surface area contributed by atoms with E-state index in [2.05, 4.69) is 16.5 Å². The minimum absolute atomic E-state index is 0.266. The van der Waals surface area contributed by atoms with Crippen molar-refractivity contribution in [2.24, 2.45) is 0 Å². The van der Waals surface area contributed by atoms with Crippen molar-refractivity contribution in [2.75, 3.05) is 5.32 Å². The Morgan fingerprint density at radius 3 is 2.44 bits per heavy atom. The Morgan fingerprint density at radius 2 is 1.84 bits per heavy atom. The number of carbonyl (C=O) groups is 1. The van der Waals surface area contributed by atoms with E-state index >= 15 is 0 Å². The number of rotatable bonds is 4. The Labute approximate surface area is 151 Å². The van der Waals surface area contributed by atoms with Crippen molar-refractivity contribution in [1.29, 1.82) is 0 Å². The van der Waals surface area contributed by atoms with Gasteiger partial charge in [0.25, 0.3) is 5.91 Å². The number of carbonyl (C=O) groups excluding carboxylic acids is 1. The van der Waals surface area contributed by atoms with Crippen LogP contribution < -0.4 is 5.32 Å². The lowest BCUT2D eigenvalue weighted by Crippen LogP contribution is -2.11. The molecule has 0 spiro atoms. The summed E-state index contributed by atoms with van der Waals surface area (Å²) in [6.45, 7) is 8.17. The van der Waals surface area contributed by atoms with E-state index in [1.54, 1.807) is 16.8 Å². The molecule has 0 aliphatic heterocycles. The molecule has 0 saturated heterocycles. The van der Waals surface area contributed by atoms with Gasteiger partial charge in [-0.3, -0.25) is 9.48 Å². The van der Waals surface area contributed by atoms with Gasteiger partial charge in [0.2, 0.25) is 0 Å². The molecule has 3 aromatic rings. The fourth-order valence-corrected chi connectivity index (χ4v) is 2.94. The number of furan rings is 1. The van der Waals surface area contributed by atoms with Gasteiger partial charge in [0.05, 0.1) is 23.0 Å². The number of amides is 1. The van der Waals surface area contributed by atoms with E-state index in [0.29, 0.717) is 17.3 Å². The minimum atomic E-state index is -0.275. The summed E-state index contributed by atoms with van der Waals surface area (Å²) in [4.78, 5) is 12.4. The standard InChI is InChI=1S/C19H20ClN3O2/c1-11-7-12(2)9-15(8-11)21-19(24)17-6-5-16(25-17)10-23-14(4)18(20)13(3)22-23/h5-9H,10H2,1-4H3,(H,21,24). The summed E-state index contributed by atoms with van der Waals surface area (Å²) in [5.41, 5.74) is 4.59. The Kier molecular flexibility index (Phi) is 4.68. The van der Waals surface area contributed by atoms with Crippen LogP contribution in [0.1, 0.15) is 38.8 Å². The Balaban J connectivity index is 1.74. The van der Waals surface area contributed by atoms with Gasteiger partial charge in [-0.05, 0) is 63.1 Å². The lowest BCUT2D eigenvalue weighted by molar-refractivity contribution is 0.0994. The summed E-state index contributed by atoms with van der Waals surface area (Å²) in [6, 6.07) is 9.35. The third-order valence-electron chi connectivity index (χ3n) is 3.96. The number of anilines is 1. The summed E-state index contributed by atoms with van der Waals surface area (Å²) in [7, 11) is 0. The zero-order chi connectivity index (χ0) is 18.1. The molecule has 2 aromatic heterocycles. The van der Waals surface area contributed by atoms with Gasteiger partial charge in [-0.2, -0.15) is 5.10 Å². The molecule has 0 unspecified atom stereocenters. The first-order chi connectivity index (χ1) is 11.8. The molecule has 3 rings (SSSR count). The van der Waals surface area contributed by atoms with Crippen molar-refractivity contribution in [3.63, 3.8) is 0 Å². The Morgan fingerprint density at radius 1 is 1.16 bits per heavy atom. The summed E-state index contributed by atoms with van der Waals surface area (Å²) >= 11 is 6.16. The van der Waals surface area contributed by atoms with Gasteiger partial charge < -0.3 is 9.73 Å². The molecule has 0 aliphatic carbocycles. The molecule has 0 radical (unpaired) electrons. The number of aryl methyl sites for hydroxylation is 3. The van der Waals surface area contributed by atoms with Gasteiger partial charge in [0.15, 0.2) is 5.76 Å². The zero-order valence-corrected chi connectivity index (χ0v) is 15.4. The third-order valence-corrected chi connectivity index (χ3v) is 4.51. The van der Waals surface area contributed by atoms with E-state index in [1.807, 2.05) is 39.8 Å². The first kappa shape index (κ1) is 17.3. The molecule has 0 atom stereocenters. The van der Waals surface area contributed by atoms with E-state index in [4.69, 9.17) is 16.0 Å². The number of hydrogen-bond acceptors (Lipinski definition) is 3. The molecule has 2 heterocycles. The van der Waals surface area contributed by atoms with Gasteiger partial charge >= 0.3 is 0 Å². The summed E-state index contributed by atoms with van der Waals surface area (Å²) in [5, 5.41) is 7.89. The average Bonchev–Trinajstić information content (AvgIpc) is 3.08. The largest absolute Gasteiger partial charge is 0.454 e. The molecular weight excluding hydrogens is 338 g/mol. The van der Waals surface area contributed by atoms with Crippen molar-refractivity contribution in [3.05, 3.63) is 69.4 Å². The lowest BCUT2D eigenvalue weighted by atomic mass is 10.1. The summed E-state index contributed by atoms with van der Waals surface area (Å²) in [5.74, 6) is 0.636. The number of nitrogens with one attached hydrogen (secondary N) is 1. The van der Waals surface area contributed by atoms with Crippen LogP contribution in [-0.2, 0) is 6.54 Å². The van der Waals surface area contributed by atoms with Gasteiger partial charge in [0, 0.05) is 5.69 Å². The topological polar surface area (TPSA) is 60.1 Å². The van der Waals surface area contributed by atoms with Crippen molar-refractivity contribution in [1.82, 2.24) is 9.78 Å². The molecule has 25 heavy (non-hydrogen) atoms. The highest BCUT2D eigenvalue weighted by atomic mass is 35.5.